The minimum atomic E-state index is -1.87. The van der Waals surface area contributed by atoms with Gasteiger partial charge in [0.05, 0.1) is 51.2 Å². The standard InChI is InChI=1S/C50H78O24/c1-20-42(74-46-41(62)38(59)35(56)29(73-46)19-67-45-40(61)37(58)34(55)28(72-45)18-66-44-39(60)36(57)33(54)27(16-51)71-44)26(64-5)15-32(68-20)70-25-8-10-48(3)24(43(25)69-21(2)52)7-13-50-12-6-23(22-14-31(53)65-17-22)49(4,47(50)63)11-9-30(48)50/h20,22-30,32-46,51,54-62H,6-19H2,1-5H3/t20-,22-,23-,24+,25+,26-,27-,28-,29-,30-,32+,33-,34-,35-,36+,37+,38+,39-,40-,41-,42+,43-,44-,45-,46+,48+,49-,50+/m1/s1. The summed E-state index contributed by atoms with van der Waals surface area (Å²) in [4.78, 5) is 39.9. The summed E-state index contributed by atoms with van der Waals surface area (Å²) in [7, 11) is 1.46. The number of cyclic esters (lactones) is 1. The summed E-state index contributed by atoms with van der Waals surface area (Å²) in [5.41, 5.74) is -1.34. The van der Waals surface area contributed by atoms with Crippen LogP contribution in [-0.2, 0) is 66.5 Å². The van der Waals surface area contributed by atoms with Crippen molar-refractivity contribution in [2.24, 2.45) is 39.9 Å². The lowest BCUT2D eigenvalue weighted by Gasteiger charge is -2.67. The molecule has 0 radical (unpaired) electrons. The summed E-state index contributed by atoms with van der Waals surface area (Å²) in [6.07, 6.45) is -23.3. The van der Waals surface area contributed by atoms with E-state index in [0.29, 0.717) is 38.1 Å². The number of fused-ring (bicyclic) bond motifs is 3. The second-order valence-electron chi connectivity index (χ2n) is 23.0. The zero-order valence-electron chi connectivity index (χ0n) is 42.5. The summed E-state index contributed by atoms with van der Waals surface area (Å²) in [5.74, 6) is -0.181. The number of aliphatic hydroxyl groups is 10. The van der Waals surface area contributed by atoms with Gasteiger partial charge >= 0.3 is 11.9 Å². The van der Waals surface area contributed by atoms with Crippen LogP contribution in [0.5, 0.6) is 0 Å². The Hall–Kier alpha value is -2.15. The van der Waals surface area contributed by atoms with Crippen LogP contribution in [0, 0.1) is 39.9 Å². The third-order valence-corrected chi connectivity index (χ3v) is 18.9. The van der Waals surface area contributed by atoms with Gasteiger partial charge in [0.2, 0.25) is 0 Å². The maximum absolute atomic E-state index is 14.9. The monoisotopic (exact) mass is 1060 g/mol. The van der Waals surface area contributed by atoms with E-state index >= 15 is 0 Å². The molecular formula is C50H78O24. The molecule has 0 aromatic heterocycles. The van der Waals surface area contributed by atoms with Crippen molar-refractivity contribution >= 4 is 17.7 Å². The highest BCUT2D eigenvalue weighted by Gasteiger charge is 2.70. The van der Waals surface area contributed by atoms with Crippen molar-refractivity contribution in [3.63, 3.8) is 0 Å². The quantitative estimate of drug-likeness (QED) is 0.0632. The van der Waals surface area contributed by atoms with Crippen molar-refractivity contribution in [1.82, 2.24) is 0 Å². The van der Waals surface area contributed by atoms with E-state index in [2.05, 4.69) is 13.8 Å². The highest BCUT2D eigenvalue weighted by atomic mass is 16.8. The number of ketones is 1. The first-order valence-corrected chi connectivity index (χ1v) is 26.4. The predicted octanol–water partition coefficient (Wildman–Crippen LogP) is -2.56. The molecule has 24 nitrogen and oxygen atoms in total. The molecule has 4 aliphatic carbocycles. The van der Waals surface area contributed by atoms with Crippen LogP contribution in [0.2, 0.25) is 0 Å². The lowest BCUT2D eigenvalue weighted by atomic mass is 9.36. The number of hydrogen-bond donors (Lipinski definition) is 10. The van der Waals surface area contributed by atoms with Gasteiger partial charge in [-0.05, 0) is 75.5 Å². The van der Waals surface area contributed by atoms with Crippen LogP contribution in [0.1, 0.15) is 91.9 Å². The molecule has 422 valence electrons. The lowest BCUT2D eigenvalue weighted by Crippen LogP contribution is -2.67. The topological polar surface area (TPSA) is 355 Å². The van der Waals surface area contributed by atoms with Crippen molar-refractivity contribution in [2.45, 2.75) is 221 Å². The van der Waals surface area contributed by atoms with Crippen molar-refractivity contribution in [3.8, 4) is 0 Å². The molecular weight excluding hydrogens is 985 g/mol. The molecule has 1 spiro atoms. The fourth-order valence-corrected chi connectivity index (χ4v) is 14.9. The minimum Gasteiger partial charge on any atom is -0.465 e. The maximum atomic E-state index is 14.9. The van der Waals surface area contributed by atoms with E-state index in [1.807, 2.05) is 0 Å². The van der Waals surface area contributed by atoms with Gasteiger partial charge in [-0.1, -0.05) is 13.8 Å². The first-order valence-electron chi connectivity index (χ1n) is 26.4. The number of methoxy groups -OCH3 is 1. The molecule has 0 aromatic carbocycles. The van der Waals surface area contributed by atoms with Crippen LogP contribution < -0.4 is 0 Å². The third-order valence-electron chi connectivity index (χ3n) is 18.9. The maximum Gasteiger partial charge on any atom is 0.306 e. The van der Waals surface area contributed by atoms with Gasteiger partial charge in [0.1, 0.15) is 91.2 Å². The number of hydrogen-bond acceptors (Lipinski definition) is 24. The number of aliphatic hydroxyl groups excluding tert-OH is 10. The van der Waals surface area contributed by atoms with Crippen molar-refractivity contribution in [2.75, 3.05) is 33.5 Å². The average Bonchev–Trinajstić information content (AvgIpc) is 3.80. The summed E-state index contributed by atoms with van der Waals surface area (Å²) >= 11 is 0. The van der Waals surface area contributed by atoms with Crippen LogP contribution in [0.15, 0.2) is 0 Å². The van der Waals surface area contributed by atoms with E-state index in [1.165, 1.54) is 14.0 Å². The van der Waals surface area contributed by atoms with Gasteiger partial charge in [-0.15, -0.1) is 0 Å². The predicted molar refractivity (Wildman–Crippen MR) is 244 cm³/mol. The molecule has 4 saturated carbocycles. The molecule has 5 aliphatic heterocycles. The highest BCUT2D eigenvalue weighted by molar-refractivity contribution is 5.92. The molecule has 2 bridgehead atoms. The van der Waals surface area contributed by atoms with Crippen LogP contribution >= 0.6 is 0 Å². The molecule has 0 unspecified atom stereocenters. The number of Topliss-reactive ketones (excluding diaryl/α,β-unsaturated/α-hetero) is 1. The molecule has 5 heterocycles. The Balaban J connectivity index is 0.812. The summed E-state index contributed by atoms with van der Waals surface area (Å²) < 4.78 is 65.0. The van der Waals surface area contributed by atoms with Crippen LogP contribution in [-0.4, -0.2) is 231 Å². The summed E-state index contributed by atoms with van der Waals surface area (Å²) in [5, 5.41) is 105. The van der Waals surface area contributed by atoms with E-state index < -0.39 is 166 Å². The van der Waals surface area contributed by atoms with E-state index in [0.717, 1.165) is 32.1 Å². The highest BCUT2D eigenvalue weighted by Crippen LogP contribution is 2.70. The van der Waals surface area contributed by atoms with Gasteiger partial charge in [-0.25, -0.2) is 0 Å². The second-order valence-corrected chi connectivity index (χ2v) is 23.0. The zero-order valence-corrected chi connectivity index (χ0v) is 42.5. The second kappa shape index (κ2) is 22.2. The molecule has 9 fully saturated rings. The SMILES string of the molecule is CO[C@@H]1C[C@H](O[C@H]2CC[C@@]3(C)[C@@H](CC[C@@]45CC[C@H]([C@H]6COC(=O)C6)[C@@](C)(CC[C@@H]43)C5=O)[C@H]2OC(C)=O)O[C@H](C)[C@@H]1O[C@@H]1O[C@H](CO[C@@H]2O[C@H](CO[C@@H]3O[C@H](CO)[C@@H](O)[C@H](O)[C@H]3O)[C@@H](O)[C@H](O)[C@H]2O)[C@@H](O)[C@H](O)[C@H]1O. The number of carbonyl (C=O) groups excluding carboxylic acids is 3. The number of ether oxygens (including phenoxy) is 11. The molecule has 28 atom stereocenters. The number of esters is 2. The van der Waals surface area contributed by atoms with E-state index in [9.17, 15) is 65.4 Å². The van der Waals surface area contributed by atoms with E-state index in [1.54, 1.807) is 6.92 Å². The van der Waals surface area contributed by atoms with Crippen molar-refractivity contribution in [3.05, 3.63) is 0 Å². The Morgan fingerprint density at radius 2 is 1.22 bits per heavy atom. The smallest absolute Gasteiger partial charge is 0.306 e. The van der Waals surface area contributed by atoms with E-state index in [4.69, 9.17) is 52.1 Å². The normalized spacial score (nSPS) is 52.7. The van der Waals surface area contributed by atoms with E-state index in [-0.39, 0.29) is 41.5 Å². The Kier molecular flexibility index (Phi) is 17.0. The van der Waals surface area contributed by atoms with Crippen LogP contribution in [0.4, 0.5) is 0 Å². The molecule has 9 rings (SSSR count). The van der Waals surface area contributed by atoms with Gasteiger partial charge < -0.3 is 103 Å². The Bertz CT molecular complexity index is 1980. The van der Waals surface area contributed by atoms with Gasteiger partial charge in [0.15, 0.2) is 25.2 Å². The van der Waals surface area contributed by atoms with Gasteiger partial charge in [0.25, 0.3) is 0 Å². The van der Waals surface area contributed by atoms with Crippen molar-refractivity contribution < 1.29 is 118 Å². The number of carbonyl (C=O) groups is 3. The van der Waals surface area contributed by atoms with Crippen LogP contribution in [0.3, 0.4) is 0 Å². The fourth-order valence-electron chi connectivity index (χ4n) is 14.9. The Morgan fingerprint density at radius 1 is 0.649 bits per heavy atom. The summed E-state index contributed by atoms with van der Waals surface area (Å²) in [6, 6.07) is 0. The van der Waals surface area contributed by atoms with Gasteiger partial charge in [-0.2, -0.15) is 0 Å². The third kappa shape index (κ3) is 10.1. The Labute approximate surface area is 428 Å². The van der Waals surface area contributed by atoms with Crippen molar-refractivity contribution in [1.29, 1.82) is 0 Å². The largest absolute Gasteiger partial charge is 0.465 e. The molecule has 74 heavy (non-hydrogen) atoms. The minimum absolute atomic E-state index is 0.0497. The fraction of sp³-hybridized carbons (Fsp3) is 0.940. The van der Waals surface area contributed by atoms with Gasteiger partial charge in [-0.3, -0.25) is 14.4 Å². The first kappa shape index (κ1) is 56.6. The molecule has 9 aliphatic rings. The molecule has 0 aromatic rings. The Morgan fingerprint density at radius 3 is 1.78 bits per heavy atom. The van der Waals surface area contributed by atoms with Gasteiger partial charge in [0, 0.05) is 43.1 Å². The molecule has 0 amide bonds. The molecule has 5 saturated heterocycles. The van der Waals surface area contributed by atoms with Crippen LogP contribution in [0.25, 0.3) is 0 Å². The summed E-state index contributed by atoms with van der Waals surface area (Å²) in [6.45, 7) is 5.85. The number of rotatable bonds is 14. The molecule has 24 heteroatoms. The first-order chi connectivity index (χ1) is 35.1. The zero-order chi connectivity index (χ0) is 53.3. The lowest BCUT2D eigenvalue weighted by molar-refractivity contribution is -0.358. The molecule has 10 N–H and O–H groups in total. The average molecular weight is 1060 g/mol.